The van der Waals surface area contributed by atoms with E-state index in [2.05, 4.69) is 10.3 Å². The highest BCUT2D eigenvalue weighted by Gasteiger charge is 2.31. The number of Topliss-reactive ketones (excluding diaryl/α,β-unsaturated/α-hetero) is 1. The van der Waals surface area contributed by atoms with Crippen molar-refractivity contribution in [2.45, 2.75) is 31.4 Å². The largest absolute Gasteiger partial charge is 0.294 e. The topological polar surface area (TPSA) is 76.1 Å². The number of carbonyl (C=O) groups is 3. The Labute approximate surface area is 115 Å². The van der Waals surface area contributed by atoms with E-state index < -0.39 is 5.25 Å². The number of rotatable bonds is 5. The molecule has 1 atom stereocenters. The summed E-state index contributed by atoms with van der Waals surface area (Å²) in [5.41, 5.74) is 1.49. The molecule has 5 nitrogen and oxygen atoms in total. The van der Waals surface area contributed by atoms with Crippen molar-refractivity contribution in [2.75, 3.05) is 0 Å². The highest BCUT2D eigenvalue weighted by atomic mass is 32.2. The van der Waals surface area contributed by atoms with Gasteiger partial charge >= 0.3 is 0 Å². The molecule has 0 aliphatic carbocycles. The molecule has 1 unspecified atom stereocenters. The van der Waals surface area contributed by atoms with Crippen LogP contribution in [-0.2, 0) is 11.2 Å². The van der Waals surface area contributed by atoms with Gasteiger partial charge in [0.1, 0.15) is 0 Å². The molecule has 19 heavy (non-hydrogen) atoms. The Hall–Kier alpha value is -1.69. The summed E-state index contributed by atoms with van der Waals surface area (Å²) in [5.74, 6) is -0.356. The zero-order valence-corrected chi connectivity index (χ0v) is 11.3. The maximum Gasteiger partial charge on any atom is 0.286 e. The van der Waals surface area contributed by atoms with Gasteiger partial charge in [-0.05, 0) is 25.0 Å². The monoisotopic (exact) mass is 278 g/mol. The number of ketones is 1. The minimum Gasteiger partial charge on any atom is -0.294 e. The van der Waals surface area contributed by atoms with Crippen molar-refractivity contribution in [1.29, 1.82) is 0 Å². The van der Waals surface area contributed by atoms with Crippen molar-refractivity contribution >= 4 is 28.7 Å². The van der Waals surface area contributed by atoms with Gasteiger partial charge in [0.2, 0.25) is 5.91 Å². The predicted molar refractivity (Wildman–Crippen MR) is 72.1 cm³/mol. The van der Waals surface area contributed by atoms with Crippen LogP contribution in [0.3, 0.4) is 0 Å². The lowest BCUT2D eigenvalue weighted by molar-refractivity contribution is -0.119. The fraction of sp³-hybridized carbons (Fsp3) is 0.385. The van der Waals surface area contributed by atoms with Crippen LogP contribution < -0.4 is 5.32 Å². The molecule has 1 aliphatic rings. The number of hydrogen-bond acceptors (Lipinski definition) is 5. The average molecular weight is 278 g/mol. The van der Waals surface area contributed by atoms with Gasteiger partial charge in [0.05, 0.1) is 5.25 Å². The highest BCUT2D eigenvalue weighted by molar-refractivity contribution is 8.15. The number of amides is 2. The van der Waals surface area contributed by atoms with Crippen LogP contribution in [0.1, 0.15) is 35.8 Å². The van der Waals surface area contributed by atoms with Gasteiger partial charge < -0.3 is 0 Å². The molecule has 1 aliphatic heterocycles. The summed E-state index contributed by atoms with van der Waals surface area (Å²) in [6.45, 7) is 2.00. The summed E-state index contributed by atoms with van der Waals surface area (Å²) >= 11 is 0.949. The average Bonchev–Trinajstić information content (AvgIpc) is 2.74. The molecule has 1 N–H and O–H groups in total. The van der Waals surface area contributed by atoms with E-state index in [0.717, 1.165) is 23.9 Å². The summed E-state index contributed by atoms with van der Waals surface area (Å²) in [4.78, 5) is 38.4. The zero-order chi connectivity index (χ0) is 13.8. The van der Waals surface area contributed by atoms with E-state index in [9.17, 15) is 14.4 Å². The third-order valence-corrected chi connectivity index (χ3v) is 3.96. The van der Waals surface area contributed by atoms with E-state index in [4.69, 9.17) is 0 Å². The van der Waals surface area contributed by atoms with E-state index in [-0.39, 0.29) is 23.4 Å². The second kappa shape index (κ2) is 5.97. The molecule has 0 spiro atoms. The van der Waals surface area contributed by atoms with Crippen LogP contribution in [0, 0.1) is 0 Å². The number of nitrogens with one attached hydrogen (secondary N) is 1. The Bertz CT molecular complexity index is 513. The normalized spacial score (nSPS) is 18.5. The van der Waals surface area contributed by atoms with Crippen molar-refractivity contribution < 1.29 is 14.4 Å². The van der Waals surface area contributed by atoms with Gasteiger partial charge in [-0.2, -0.15) is 0 Å². The standard InChI is InChI=1S/C13H14N2O3S/c1-2-9-4-3-8(7-14-9)10(16)5-6-11-12(17)15-13(18)19-11/h3-4,7,11H,2,5-6H2,1H3,(H,15,17,18). The molecular weight excluding hydrogens is 264 g/mol. The number of hydrogen-bond donors (Lipinski definition) is 1. The molecule has 2 heterocycles. The SMILES string of the molecule is CCc1ccc(C(=O)CCC2SC(=O)NC2=O)cn1. The molecule has 1 aromatic rings. The van der Waals surface area contributed by atoms with Gasteiger partial charge in [0.15, 0.2) is 5.78 Å². The summed E-state index contributed by atoms with van der Waals surface area (Å²) in [7, 11) is 0. The van der Waals surface area contributed by atoms with Crippen LogP contribution in [0.5, 0.6) is 0 Å². The zero-order valence-electron chi connectivity index (χ0n) is 10.5. The van der Waals surface area contributed by atoms with Crippen molar-refractivity contribution in [3.05, 3.63) is 29.6 Å². The van der Waals surface area contributed by atoms with Gasteiger partial charge in [0, 0.05) is 23.9 Å². The fourth-order valence-corrected chi connectivity index (χ4v) is 2.61. The summed E-state index contributed by atoms with van der Waals surface area (Å²) < 4.78 is 0. The maximum absolute atomic E-state index is 11.9. The Morgan fingerprint density at radius 2 is 2.21 bits per heavy atom. The second-order valence-electron chi connectivity index (χ2n) is 4.24. The van der Waals surface area contributed by atoms with Gasteiger partial charge in [0.25, 0.3) is 5.24 Å². The Morgan fingerprint density at radius 1 is 1.42 bits per heavy atom. The Balaban J connectivity index is 1.90. The molecule has 0 bridgehead atoms. The van der Waals surface area contributed by atoms with Crippen LogP contribution in [0.25, 0.3) is 0 Å². The van der Waals surface area contributed by atoms with Crippen LogP contribution >= 0.6 is 11.8 Å². The third kappa shape index (κ3) is 3.41. The quantitative estimate of drug-likeness (QED) is 0.833. The molecule has 6 heteroatoms. The van der Waals surface area contributed by atoms with Crippen LogP contribution in [0.15, 0.2) is 18.3 Å². The number of aryl methyl sites for hydroxylation is 1. The first-order valence-corrected chi connectivity index (χ1v) is 6.97. The van der Waals surface area contributed by atoms with Gasteiger partial charge in [-0.15, -0.1) is 0 Å². The molecule has 100 valence electrons. The summed E-state index contributed by atoms with van der Waals surface area (Å²) in [6.07, 6.45) is 3.01. The minimum atomic E-state index is -0.445. The number of imide groups is 1. The smallest absolute Gasteiger partial charge is 0.286 e. The first-order valence-electron chi connectivity index (χ1n) is 6.09. The molecule has 1 aromatic heterocycles. The lowest BCUT2D eigenvalue weighted by Crippen LogP contribution is -2.24. The number of aromatic nitrogens is 1. The van der Waals surface area contributed by atoms with Gasteiger partial charge in [-0.3, -0.25) is 24.7 Å². The van der Waals surface area contributed by atoms with Crippen LogP contribution in [-0.4, -0.2) is 27.2 Å². The summed E-state index contributed by atoms with van der Waals surface area (Å²) in [6, 6.07) is 3.58. The molecule has 1 fully saturated rings. The second-order valence-corrected chi connectivity index (χ2v) is 5.41. The van der Waals surface area contributed by atoms with Crippen LogP contribution in [0.2, 0.25) is 0 Å². The molecule has 2 rings (SSSR count). The first-order chi connectivity index (χ1) is 9.10. The number of thioether (sulfide) groups is 1. The lowest BCUT2D eigenvalue weighted by Gasteiger charge is -2.04. The molecule has 0 saturated carbocycles. The molecule has 1 saturated heterocycles. The first kappa shape index (κ1) is 13.7. The van der Waals surface area contributed by atoms with Gasteiger partial charge in [-0.25, -0.2) is 0 Å². The van der Waals surface area contributed by atoms with Crippen molar-refractivity contribution in [2.24, 2.45) is 0 Å². The lowest BCUT2D eigenvalue weighted by atomic mass is 10.1. The molecular formula is C13H14N2O3S. The van der Waals surface area contributed by atoms with Crippen molar-refractivity contribution in [1.82, 2.24) is 10.3 Å². The predicted octanol–water partition coefficient (Wildman–Crippen LogP) is 1.96. The van der Waals surface area contributed by atoms with Crippen LogP contribution in [0.4, 0.5) is 4.79 Å². The number of carbonyl (C=O) groups excluding carboxylic acids is 3. The molecule has 0 radical (unpaired) electrons. The van der Waals surface area contributed by atoms with E-state index >= 15 is 0 Å². The van der Waals surface area contributed by atoms with Crippen molar-refractivity contribution in [3.8, 4) is 0 Å². The number of pyridine rings is 1. The van der Waals surface area contributed by atoms with E-state index in [0.29, 0.717) is 12.0 Å². The third-order valence-electron chi connectivity index (χ3n) is 2.91. The molecule has 2 amide bonds. The van der Waals surface area contributed by atoms with E-state index in [1.54, 1.807) is 12.3 Å². The molecule has 0 aromatic carbocycles. The summed E-state index contributed by atoms with van der Waals surface area (Å²) in [5, 5.41) is 1.43. The van der Waals surface area contributed by atoms with E-state index in [1.807, 2.05) is 13.0 Å². The fourth-order valence-electron chi connectivity index (χ4n) is 1.79. The minimum absolute atomic E-state index is 0.0529. The van der Waals surface area contributed by atoms with E-state index in [1.165, 1.54) is 0 Å². The van der Waals surface area contributed by atoms with Gasteiger partial charge in [-0.1, -0.05) is 18.7 Å². The number of nitrogens with zero attached hydrogens (tertiary/aromatic N) is 1. The highest BCUT2D eigenvalue weighted by Crippen LogP contribution is 2.23. The maximum atomic E-state index is 11.9. The van der Waals surface area contributed by atoms with Crippen molar-refractivity contribution in [3.63, 3.8) is 0 Å². The Kier molecular flexibility index (Phi) is 4.31. The Morgan fingerprint density at radius 3 is 2.74 bits per heavy atom.